The van der Waals surface area contributed by atoms with Gasteiger partial charge in [0.05, 0.1) is 22.1 Å². The number of hydrogen-bond acceptors (Lipinski definition) is 10. The summed E-state index contributed by atoms with van der Waals surface area (Å²) in [5.41, 5.74) is 0.304. The van der Waals surface area contributed by atoms with Gasteiger partial charge in [-0.1, -0.05) is 148 Å². The number of rotatable bonds is 26. The van der Waals surface area contributed by atoms with Gasteiger partial charge in [0.25, 0.3) is 11.1 Å². The van der Waals surface area contributed by atoms with Crippen molar-refractivity contribution in [2.75, 3.05) is 52.0 Å². The maximum absolute atomic E-state index is 14.8. The van der Waals surface area contributed by atoms with Crippen LogP contribution in [0.1, 0.15) is 124 Å². The molecule has 2 aromatic heterocycles. The molecule has 0 aliphatic heterocycles. The van der Waals surface area contributed by atoms with Crippen molar-refractivity contribution in [3.63, 3.8) is 0 Å². The summed E-state index contributed by atoms with van der Waals surface area (Å²) < 4.78 is 283. The highest BCUT2D eigenvalue weighted by Crippen LogP contribution is 2.34. The van der Waals surface area contributed by atoms with Crippen molar-refractivity contribution < 1.29 is 72.1 Å². The summed E-state index contributed by atoms with van der Waals surface area (Å²) in [5, 5.41) is -0.548. The Bertz CT molecular complexity index is 4600. The minimum absolute atomic E-state index is 0.0286. The lowest BCUT2D eigenvalue weighted by Crippen LogP contribution is -2.40. The molecule has 0 radical (unpaired) electrons. The molecule has 94 heavy (non-hydrogen) atoms. The van der Waals surface area contributed by atoms with Crippen LogP contribution in [0.4, 0.5) is 35.1 Å². The Morgan fingerprint density at radius 1 is 0.457 bits per heavy atom. The fourth-order valence-corrected chi connectivity index (χ4v) is 11.7. The first-order chi connectivity index (χ1) is 52.3. The molecule has 22 heteroatoms. The number of nitrogens with zero attached hydrogens (tertiary/aromatic N) is 8. The number of likely N-dealkylation sites (N-methyl/N-ethyl adjacent to an activating group) is 2. The van der Waals surface area contributed by atoms with E-state index in [0.29, 0.717) is 46.2 Å². The van der Waals surface area contributed by atoms with Crippen molar-refractivity contribution >= 4 is 35.3 Å². The number of thioether (sulfide) groups is 2. The quantitative estimate of drug-likeness (QED) is 0.0295. The van der Waals surface area contributed by atoms with Gasteiger partial charge in [0.2, 0.25) is 11.8 Å². The van der Waals surface area contributed by atoms with Crippen LogP contribution in [0.15, 0.2) is 165 Å². The molecule has 0 atom stereocenters. The van der Waals surface area contributed by atoms with Crippen molar-refractivity contribution in [3.05, 3.63) is 234 Å². The van der Waals surface area contributed by atoms with E-state index in [1.54, 1.807) is 0 Å². The van der Waals surface area contributed by atoms with E-state index in [1.807, 2.05) is 0 Å². The average molecular weight is 1350 g/mol. The summed E-state index contributed by atoms with van der Waals surface area (Å²) in [6.07, 6.45) is -7.67. The lowest BCUT2D eigenvalue weighted by molar-refractivity contribution is -0.138. The topological polar surface area (TPSA) is 117 Å². The second-order valence-electron chi connectivity index (χ2n) is 21.0. The monoisotopic (exact) mass is 1350 g/mol. The summed E-state index contributed by atoms with van der Waals surface area (Å²) in [6.45, 7) is -31.4. The van der Waals surface area contributed by atoms with Crippen molar-refractivity contribution in [3.8, 4) is 22.3 Å². The minimum Gasteiger partial charge on any atom is -0.336 e. The molecule has 2 heterocycles. The number of aromatic nitrogens is 4. The van der Waals surface area contributed by atoms with Gasteiger partial charge in [-0.25, -0.2) is 8.78 Å². The van der Waals surface area contributed by atoms with Crippen LogP contribution in [-0.4, -0.2) is 102 Å². The molecule has 12 nitrogen and oxygen atoms in total. The molecule has 0 fully saturated rings. The standard InChI is InChI=1S/2C36H38F4N4O2S/c2*1-3-42(4-2)20-21-43(22-25-8-12-27(13-9-25)28-14-16-29(17-15-28)36(38,39)40)33(45)23-44-32-7-5-6-31(32)34(46)41-35(44)47-24-26-10-18-30(37)19-11-26/h2*8-19H,3-7,20-24H2,1-2H3/i2*3D2,4D2,20D2,21D2,23D2. The van der Waals surface area contributed by atoms with Crippen LogP contribution in [0, 0.1) is 11.6 Å². The highest BCUT2D eigenvalue weighted by Gasteiger charge is 2.32. The number of alkyl halides is 6. The number of hydrogen-bond donors (Lipinski definition) is 0. The summed E-state index contributed by atoms with van der Waals surface area (Å²) in [6, 6.07) is 30.4. The molecular formula is C72H76F8N8O4S2. The molecule has 2 aliphatic rings. The summed E-state index contributed by atoms with van der Waals surface area (Å²) in [4.78, 5) is 64.4. The van der Waals surface area contributed by atoms with Gasteiger partial charge in [-0.05, 0) is 158 Å². The minimum atomic E-state index is -4.56. The molecule has 0 spiro atoms. The van der Waals surface area contributed by atoms with E-state index >= 15 is 0 Å². The molecule has 0 saturated carbocycles. The number of fused-ring (bicyclic) bond motifs is 2. The van der Waals surface area contributed by atoms with Gasteiger partial charge >= 0.3 is 12.4 Å². The molecule has 8 aromatic rings. The van der Waals surface area contributed by atoms with E-state index in [1.165, 1.54) is 121 Å². The lowest BCUT2D eigenvalue weighted by Gasteiger charge is -2.28. The molecule has 10 rings (SSSR count). The van der Waals surface area contributed by atoms with Gasteiger partial charge in [0, 0.05) is 89.5 Å². The van der Waals surface area contributed by atoms with E-state index < -0.39 is 136 Å². The van der Waals surface area contributed by atoms with Gasteiger partial charge in [-0.3, -0.25) is 19.2 Å². The highest BCUT2D eigenvalue weighted by molar-refractivity contribution is 7.98. The van der Waals surface area contributed by atoms with E-state index in [0.717, 1.165) is 84.6 Å². The first-order valence-corrected chi connectivity index (χ1v) is 31.1. The van der Waals surface area contributed by atoms with E-state index in [2.05, 4.69) is 9.97 Å². The van der Waals surface area contributed by atoms with Crippen molar-refractivity contribution in [1.82, 2.24) is 38.7 Å². The zero-order valence-electron chi connectivity index (χ0n) is 71.0. The van der Waals surface area contributed by atoms with E-state index in [9.17, 15) is 59.8 Å². The molecular weight excluding hydrogens is 1260 g/mol. The van der Waals surface area contributed by atoms with Crippen molar-refractivity contribution in [2.45, 2.75) is 126 Å². The summed E-state index contributed by atoms with van der Waals surface area (Å²) in [5.74, 6) is -4.29. The van der Waals surface area contributed by atoms with Gasteiger partial charge in [-0.2, -0.15) is 36.3 Å². The van der Waals surface area contributed by atoms with Crippen molar-refractivity contribution in [2.24, 2.45) is 0 Å². The number of halogens is 8. The van der Waals surface area contributed by atoms with Gasteiger partial charge < -0.3 is 28.7 Å². The Morgan fingerprint density at radius 3 is 1.07 bits per heavy atom. The largest absolute Gasteiger partial charge is 0.416 e. The maximum atomic E-state index is 14.8. The van der Waals surface area contributed by atoms with Gasteiger partial charge in [-0.15, -0.1) is 0 Å². The van der Waals surface area contributed by atoms with Crippen LogP contribution in [0.2, 0.25) is 0 Å². The first kappa shape index (κ1) is 47.9. The van der Waals surface area contributed by atoms with Crippen LogP contribution in [0.5, 0.6) is 0 Å². The average Bonchev–Trinajstić information content (AvgIpc) is 0.944. The zero-order chi connectivity index (χ0) is 85.0. The lowest BCUT2D eigenvalue weighted by atomic mass is 10.0. The zero-order valence-corrected chi connectivity index (χ0v) is 52.6. The highest BCUT2D eigenvalue weighted by atomic mass is 32.2. The fraction of sp³-hybridized carbons (Fsp3) is 0.361. The van der Waals surface area contributed by atoms with Gasteiger partial charge in [0.1, 0.15) is 24.6 Å². The molecule has 0 bridgehead atoms. The third-order valence-electron chi connectivity index (χ3n) is 14.8. The Balaban J connectivity index is 0.000000261. The molecule has 6 aromatic carbocycles. The Morgan fingerprint density at radius 2 is 0.766 bits per heavy atom. The number of carbonyl (C=O) groups excluding carboxylic acids is 2. The van der Waals surface area contributed by atoms with Crippen LogP contribution < -0.4 is 11.1 Å². The Labute approximate surface area is 579 Å². The third-order valence-corrected chi connectivity index (χ3v) is 16.9. The first-order valence-electron chi connectivity index (χ1n) is 39.2. The molecule has 496 valence electrons. The fourth-order valence-electron chi connectivity index (χ4n) is 9.91. The Kier molecular flexibility index (Phi) is 16.5. The van der Waals surface area contributed by atoms with Crippen LogP contribution in [0.25, 0.3) is 22.3 Å². The predicted octanol–water partition coefficient (Wildman–Crippen LogP) is 14.4. The summed E-state index contributed by atoms with van der Waals surface area (Å²) >= 11 is 1.71. The maximum Gasteiger partial charge on any atom is 0.416 e. The number of benzene rings is 6. The molecule has 0 N–H and O–H groups in total. The summed E-state index contributed by atoms with van der Waals surface area (Å²) in [7, 11) is 0. The van der Waals surface area contributed by atoms with Crippen LogP contribution in [-0.2, 0) is 85.2 Å². The molecule has 0 unspecified atom stereocenters. The van der Waals surface area contributed by atoms with Gasteiger partial charge in [0.15, 0.2) is 10.3 Å². The third kappa shape index (κ3) is 18.7. The van der Waals surface area contributed by atoms with Crippen molar-refractivity contribution in [1.29, 1.82) is 0 Å². The predicted molar refractivity (Wildman–Crippen MR) is 353 cm³/mol. The molecule has 0 saturated heterocycles. The smallest absolute Gasteiger partial charge is 0.336 e. The number of carbonyl (C=O) groups is 2. The Hall–Kier alpha value is -7.92. The van der Waals surface area contributed by atoms with Crippen LogP contribution in [0.3, 0.4) is 0 Å². The second kappa shape index (κ2) is 32.5. The van der Waals surface area contributed by atoms with E-state index in [-0.39, 0.29) is 101 Å². The molecule has 2 amide bonds. The van der Waals surface area contributed by atoms with Crippen LogP contribution >= 0.6 is 23.5 Å². The SMILES string of the molecule is [2H]C([2H])(C)N(C([2H])([2H])C)C([2H])([2H])C([2H])([2H])N(Cc1ccc(-c2ccc(C(F)(F)F)cc2)cc1)C(=O)C([2H])([2H])n1c(SCc2ccc(F)cc2)nc(=O)c2c1CCC2.[2H]C([2H])(C)N(C([2H])([2H])C)C([2H])([2H])C([2H])([2H])N(Cc1ccc(-c2ccc(C(F)(F)F)cc2)cc1)C(=O)C([2H])([2H])n1c(SCc2ccc(F)cc2)nc(=O)c2c1CCC2. The normalized spacial score (nSPS) is 17.5. The number of amides is 2. The molecule has 2 aliphatic carbocycles. The van der Waals surface area contributed by atoms with E-state index in [4.69, 9.17) is 21.9 Å². The second-order valence-corrected chi connectivity index (χ2v) is 22.9.